The van der Waals surface area contributed by atoms with Gasteiger partial charge in [-0.05, 0) is 78.6 Å². The van der Waals surface area contributed by atoms with E-state index in [2.05, 4.69) is 24.3 Å². The molecule has 4 aromatic carbocycles. The third-order valence-electron chi connectivity index (χ3n) is 8.18. The van der Waals surface area contributed by atoms with E-state index in [-0.39, 0.29) is 12.3 Å². The van der Waals surface area contributed by atoms with Crippen molar-refractivity contribution < 1.29 is 14.7 Å². The average molecular weight is 590 g/mol. The van der Waals surface area contributed by atoms with E-state index in [1.54, 1.807) is 0 Å². The van der Waals surface area contributed by atoms with Crippen LogP contribution in [-0.2, 0) is 24.1 Å². The number of hydrogen-bond acceptors (Lipinski definition) is 4. The Balaban J connectivity index is 1.24. The molecule has 1 aromatic heterocycles. The summed E-state index contributed by atoms with van der Waals surface area (Å²) in [5.41, 5.74) is 7.78. The minimum absolute atomic E-state index is 0.00321. The van der Waals surface area contributed by atoms with E-state index < -0.39 is 5.97 Å². The highest BCUT2D eigenvalue weighted by Gasteiger charge is 2.25. The van der Waals surface area contributed by atoms with Crippen LogP contribution in [0.2, 0.25) is 5.02 Å². The molecule has 1 N–H and O–H groups in total. The molecular formula is C36H32ClN3O3. The number of aromatic nitrogens is 2. The highest BCUT2D eigenvalue weighted by molar-refractivity contribution is 6.30. The Morgan fingerprint density at radius 3 is 2.19 bits per heavy atom. The predicted molar refractivity (Wildman–Crippen MR) is 169 cm³/mol. The number of carboxylic acid groups (broad SMARTS) is 1. The number of carboxylic acids is 1. The number of rotatable bonds is 8. The van der Waals surface area contributed by atoms with Gasteiger partial charge in [0.05, 0.1) is 28.8 Å². The maximum atomic E-state index is 13.5. The molecular weight excluding hydrogens is 558 g/mol. The van der Waals surface area contributed by atoms with Crippen LogP contribution in [0.25, 0.3) is 22.3 Å². The minimum Gasteiger partial charge on any atom is -0.481 e. The van der Waals surface area contributed by atoms with Crippen molar-refractivity contribution >= 4 is 34.5 Å². The summed E-state index contributed by atoms with van der Waals surface area (Å²) < 4.78 is 0. The number of likely N-dealkylation sites (tertiary alicyclic amines) is 1. The van der Waals surface area contributed by atoms with E-state index >= 15 is 0 Å². The second-order valence-corrected chi connectivity index (χ2v) is 11.5. The van der Waals surface area contributed by atoms with Crippen molar-refractivity contribution in [3.8, 4) is 11.3 Å². The highest BCUT2D eigenvalue weighted by atomic mass is 35.5. The van der Waals surface area contributed by atoms with E-state index in [1.807, 2.05) is 77.7 Å². The number of amides is 1. The standard InChI is InChI=1S/C36H32ClN3O3/c37-30-14-11-28(12-15-30)35-32(16-10-24-6-8-25(9-7-24)22-34(41)42)38-33-23-29(13-17-31(33)39-35)36(43)40-20-18-27(19-21-40)26-4-2-1-3-5-26/h1-9,11-15,17,23,27H,10,16,18-22H2,(H,41,42). The van der Waals surface area contributed by atoms with Crippen LogP contribution in [0.1, 0.15) is 51.5 Å². The van der Waals surface area contributed by atoms with Crippen molar-refractivity contribution in [2.75, 3.05) is 13.1 Å². The Morgan fingerprint density at radius 1 is 0.791 bits per heavy atom. The maximum Gasteiger partial charge on any atom is 0.307 e. The fourth-order valence-electron chi connectivity index (χ4n) is 5.82. The fraction of sp³-hybridized carbons (Fsp3) is 0.222. The molecule has 216 valence electrons. The van der Waals surface area contributed by atoms with Gasteiger partial charge in [0, 0.05) is 29.2 Å². The van der Waals surface area contributed by atoms with Gasteiger partial charge in [0.1, 0.15) is 0 Å². The Kier molecular flexibility index (Phi) is 8.47. The molecule has 0 saturated carbocycles. The van der Waals surface area contributed by atoms with Crippen LogP contribution in [0, 0.1) is 0 Å². The fourth-order valence-corrected chi connectivity index (χ4v) is 5.95. The number of carbonyl (C=O) groups is 2. The summed E-state index contributed by atoms with van der Waals surface area (Å²) in [4.78, 5) is 36.6. The van der Waals surface area contributed by atoms with Crippen molar-refractivity contribution in [1.29, 1.82) is 0 Å². The number of aryl methyl sites for hydroxylation is 2. The first-order valence-corrected chi connectivity index (χ1v) is 15.0. The van der Waals surface area contributed by atoms with Crippen molar-refractivity contribution in [3.05, 3.63) is 130 Å². The molecule has 7 heteroatoms. The van der Waals surface area contributed by atoms with Gasteiger partial charge in [-0.3, -0.25) is 9.59 Å². The van der Waals surface area contributed by atoms with Gasteiger partial charge < -0.3 is 10.0 Å². The maximum absolute atomic E-state index is 13.5. The summed E-state index contributed by atoms with van der Waals surface area (Å²) in [5, 5.41) is 9.71. The van der Waals surface area contributed by atoms with Gasteiger partial charge in [-0.2, -0.15) is 0 Å². The van der Waals surface area contributed by atoms with Crippen LogP contribution in [0.3, 0.4) is 0 Å². The number of carbonyl (C=O) groups excluding carboxylic acids is 1. The largest absolute Gasteiger partial charge is 0.481 e. The molecule has 1 aliphatic heterocycles. The summed E-state index contributed by atoms with van der Waals surface area (Å²) in [7, 11) is 0. The molecule has 6 rings (SSSR count). The zero-order valence-electron chi connectivity index (χ0n) is 23.7. The number of hydrogen-bond donors (Lipinski definition) is 1. The summed E-state index contributed by atoms with van der Waals surface area (Å²) in [6.45, 7) is 1.46. The second kappa shape index (κ2) is 12.8. The molecule has 6 nitrogen and oxygen atoms in total. The van der Waals surface area contributed by atoms with Crippen LogP contribution in [-0.4, -0.2) is 44.9 Å². The number of nitrogens with zero attached hydrogens (tertiary/aromatic N) is 3. The van der Waals surface area contributed by atoms with Crippen molar-refractivity contribution in [2.24, 2.45) is 0 Å². The molecule has 43 heavy (non-hydrogen) atoms. The zero-order chi connectivity index (χ0) is 29.8. The lowest BCUT2D eigenvalue weighted by Gasteiger charge is -2.32. The van der Waals surface area contributed by atoms with Gasteiger partial charge in [-0.1, -0.05) is 78.3 Å². The Labute approximate surface area is 256 Å². The number of fused-ring (bicyclic) bond motifs is 1. The van der Waals surface area contributed by atoms with E-state index in [0.29, 0.717) is 34.9 Å². The average Bonchev–Trinajstić information content (AvgIpc) is 3.04. The van der Waals surface area contributed by atoms with Gasteiger partial charge in [0.25, 0.3) is 5.91 Å². The normalized spacial score (nSPS) is 13.7. The number of benzene rings is 4. The molecule has 2 heterocycles. The van der Waals surface area contributed by atoms with E-state index in [4.69, 9.17) is 26.7 Å². The molecule has 1 saturated heterocycles. The van der Waals surface area contributed by atoms with Crippen LogP contribution >= 0.6 is 11.6 Å². The Bertz CT molecular complexity index is 1750. The number of aliphatic carboxylic acids is 1. The second-order valence-electron chi connectivity index (χ2n) is 11.1. The third-order valence-corrected chi connectivity index (χ3v) is 8.43. The third kappa shape index (κ3) is 6.76. The SMILES string of the molecule is O=C(O)Cc1ccc(CCc2nc3cc(C(=O)N4CCC(c5ccccc5)CC4)ccc3nc2-c2ccc(Cl)cc2)cc1. The van der Waals surface area contributed by atoms with Gasteiger partial charge >= 0.3 is 5.97 Å². The van der Waals surface area contributed by atoms with Crippen molar-refractivity contribution in [1.82, 2.24) is 14.9 Å². The molecule has 1 fully saturated rings. The number of halogens is 1. The predicted octanol–water partition coefficient (Wildman–Crippen LogP) is 7.38. The van der Waals surface area contributed by atoms with Gasteiger partial charge in [-0.15, -0.1) is 0 Å². The van der Waals surface area contributed by atoms with Crippen LogP contribution in [0.15, 0.2) is 97.1 Å². The van der Waals surface area contributed by atoms with Gasteiger partial charge in [0.2, 0.25) is 0 Å². The van der Waals surface area contributed by atoms with Crippen LogP contribution in [0.4, 0.5) is 0 Å². The summed E-state index contributed by atoms with van der Waals surface area (Å²) in [6, 6.07) is 31.4. The van der Waals surface area contributed by atoms with Crippen LogP contribution in [0.5, 0.6) is 0 Å². The summed E-state index contributed by atoms with van der Waals surface area (Å²) >= 11 is 6.16. The molecule has 0 radical (unpaired) electrons. The first-order chi connectivity index (χ1) is 20.9. The van der Waals surface area contributed by atoms with Gasteiger partial charge in [-0.25, -0.2) is 9.97 Å². The zero-order valence-corrected chi connectivity index (χ0v) is 24.5. The molecule has 0 unspecified atom stereocenters. The molecule has 0 aliphatic carbocycles. The Hall–Kier alpha value is -4.55. The lowest BCUT2D eigenvalue weighted by molar-refractivity contribution is -0.136. The molecule has 1 amide bonds. The van der Waals surface area contributed by atoms with Gasteiger partial charge in [0.15, 0.2) is 0 Å². The summed E-state index contributed by atoms with van der Waals surface area (Å²) in [6.07, 6.45) is 3.25. The molecule has 0 atom stereocenters. The monoisotopic (exact) mass is 589 g/mol. The molecule has 0 spiro atoms. The minimum atomic E-state index is -0.846. The lowest BCUT2D eigenvalue weighted by atomic mass is 9.89. The first-order valence-electron chi connectivity index (χ1n) is 14.6. The number of piperidine rings is 1. The quantitative estimate of drug-likeness (QED) is 0.204. The van der Waals surface area contributed by atoms with E-state index in [1.165, 1.54) is 5.56 Å². The van der Waals surface area contributed by atoms with E-state index in [0.717, 1.165) is 59.5 Å². The molecule has 5 aromatic rings. The topological polar surface area (TPSA) is 83.4 Å². The van der Waals surface area contributed by atoms with Crippen LogP contribution < -0.4 is 0 Å². The van der Waals surface area contributed by atoms with E-state index in [9.17, 15) is 9.59 Å². The highest BCUT2D eigenvalue weighted by Crippen LogP contribution is 2.30. The smallest absolute Gasteiger partial charge is 0.307 e. The Morgan fingerprint density at radius 2 is 1.49 bits per heavy atom. The molecule has 0 bridgehead atoms. The van der Waals surface area contributed by atoms with Crippen molar-refractivity contribution in [2.45, 2.75) is 38.0 Å². The van der Waals surface area contributed by atoms with Crippen molar-refractivity contribution in [3.63, 3.8) is 0 Å². The summed E-state index contributed by atoms with van der Waals surface area (Å²) in [5.74, 6) is -0.337. The lowest BCUT2D eigenvalue weighted by Crippen LogP contribution is -2.37. The first kappa shape index (κ1) is 28.6. The molecule has 1 aliphatic rings.